The summed E-state index contributed by atoms with van der Waals surface area (Å²) in [4.78, 5) is 26.3. The van der Waals surface area contributed by atoms with Gasteiger partial charge in [-0.15, -0.1) is 0 Å². The summed E-state index contributed by atoms with van der Waals surface area (Å²) < 4.78 is 8.60. The van der Waals surface area contributed by atoms with Gasteiger partial charge < -0.3 is 15.0 Å². The van der Waals surface area contributed by atoms with Crippen molar-refractivity contribution < 1.29 is 9.53 Å². The standard InChI is InChI=1S/C18H24N6O3/c1-22-16(25)7-6-15(21-22)23-8-3-2-5-13(23)12-19-18(26)14-11-17-24(20-14)9-4-10-27-17/h6-7,11,13H,2-5,8-10,12H2,1H3,(H,19,26). The molecule has 0 aliphatic carbocycles. The lowest BCUT2D eigenvalue weighted by molar-refractivity contribution is 0.0943. The Balaban J connectivity index is 1.43. The van der Waals surface area contributed by atoms with Crippen molar-refractivity contribution in [3.05, 3.63) is 34.2 Å². The molecule has 9 heteroatoms. The van der Waals surface area contributed by atoms with Crippen LogP contribution in [0.4, 0.5) is 5.82 Å². The molecule has 0 spiro atoms. The molecule has 2 aromatic heterocycles. The third kappa shape index (κ3) is 3.67. The number of hydrogen-bond acceptors (Lipinski definition) is 6. The second-order valence-electron chi connectivity index (χ2n) is 7.00. The summed E-state index contributed by atoms with van der Waals surface area (Å²) in [7, 11) is 1.65. The highest BCUT2D eigenvalue weighted by Gasteiger charge is 2.25. The third-order valence-electron chi connectivity index (χ3n) is 5.11. The Bertz CT molecular complexity index is 866. The van der Waals surface area contributed by atoms with Crippen LogP contribution in [-0.4, -0.2) is 51.2 Å². The number of piperidine rings is 1. The molecule has 1 amide bonds. The maximum absolute atomic E-state index is 12.5. The number of amides is 1. The number of ether oxygens (including phenoxy) is 1. The Morgan fingerprint density at radius 3 is 2.96 bits per heavy atom. The normalized spacial score (nSPS) is 19.3. The topological polar surface area (TPSA) is 94.3 Å². The molecule has 2 aromatic rings. The van der Waals surface area contributed by atoms with Crippen molar-refractivity contribution in [3.8, 4) is 5.88 Å². The van der Waals surface area contributed by atoms with Crippen molar-refractivity contribution in [2.24, 2.45) is 7.05 Å². The van der Waals surface area contributed by atoms with Crippen LogP contribution in [0.3, 0.4) is 0 Å². The molecular weight excluding hydrogens is 348 g/mol. The lowest BCUT2D eigenvalue weighted by Crippen LogP contribution is -2.47. The fourth-order valence-corrected chi connectivity index (χ4v) is 3.64. The zero-order valence-electron chi connectivity index (χ0n) is 15.4. The second kappa shape index (κ2) is 7.42. The van der Waals surface area contributed by atoms with E-state index in [2.05, 4.69) is 20.4 Å². The van der Waals surface area contributed by atoms with Crippen LogP contribution in [0.1, 0.15) is 36.2 Å². The number of carbonyl (C=O) groups excluding carboxylic acids is 1. The minimum Gasteiger partial charge on any atom is -0.478 e. The monoisotopic (exact) mass is 372 g/mol. The summed E-state index contributed by atoms with van der Waals surface area (Å²) in [5.41, 5.74) is 0.251. The van der Waals surface area contributed by atoms with E-state index in [4.69, 9.17) is 4.74 Å². The summed E-state index contributed by atoms with van der Waals surface area (Å²) in [5, 5.41) is 11.7. The Kier molecular flexibility index (Phi) is 4.83. The minimum absolute atomic E-state index is 0.133. The minimum atomic E-state index is -0.195. The van der Waals surface area contributed by atoms with E-state index >= 15 is 0 Å². The van der Waals surface area contributed by atoms with Crippen LogP contribution in [0.15, 0.2) is 23.0 Å². The van der Waals surface area contributed by atoms with Gasteiger partial charge in [0.15, 0.2) is 5.69 Å². The molecule has 4 rings (SSSR count). The summed E-state index contributed by atoms with van der Waals surface area (Å²) in [5.74, 6) is 1.22. The van der Waals surface area contributed by atoms with E-state index < -0.39 is 0 Å². The Labute approximate surface area is 156 Å². The molecular formula is C18H24N6O3. The van der Waals surface area contributed by atoms with Gasteiger partial charge in [-0.3, -0.25) is 9.59 Å². The number of rotatable bonds is 4. The first-order valence-electron chi connectivity index (χ1n) is 9.42. The summed E-state index contributed by atoms with van der Waals surface area (Å²) >= 11 is 0. The van der Waals surface area contributed by atoms with E-state index in [1.54, 1.807) is 23.9 Å². The van der Waals surface area contributed by atoms with Gasteiger partial charge >= 0.3 is 0 Å². The van der Waals surface area contributed by atoms with Gasteiger partial charge in [0.2, 0.25) is 5.88 Å². The van der Waals surface area contributed by atoms with E-state index in [0.717, 1.165) is 44.6 Å². The van der Waals surface area contributed by atoms with Gasteiger partial charge in [-0.05, 0) is 25.3 Å². The number of hydrogen-bond donors (Lipinski definition) is 1. The molecule has 0 bridgehead atoms. The Hall–Kier alpha value is -2.84. The molecule has 4 heterocycles. The molecule has 1 atom stereocenters. The highest BCUT2D eigenvalue weighted by atomic mass is 16.5. The van der Waals surface area contributed by atoms with Crippen LogP contribution in [0.25, 0.3) is 0 Å². The molecule has 9 nitrogen and oxygen atoms in total. The van der Waals surface area contributed by atoms with Gasteiger partial charge in [-0.25, -0.2) is 9.36 Å². The van der Waals surface area contributed by atoms with Crippen LogP contribution in [0.2, 0.25) is 0 Å². The molecule has 0 saturated carbocycles. The fourth-order valence-electron chi connectivity index (χ4n) is 3.64. The Morgan fingerprint density at radius 2 is 2.15 bits per heavy atom. The van der Waals surface area contributed by atoms with Gasteiger partial charge in [0, 0.05) is 51.3 Å². The molecule has 1 N–H and O–H groups in total. The first-order chi connectivity index (χ1) is 13.1. The van der Waals surface area contributed by atoms with Crippen molar-refractivity contribution in [2.45, 2.75) is 38.3 Å². The molecule has 144 valence electrons. The number of fused-ring (bicyclic) bond motifs is 1. The zero-order chi connectivity index (χ0) is 18.8. The van der Waals surface area contributed by atoms with E-state index in [0.29, 0.717) is 24.7 Å². The summed E-state index contributed by atoms with van der Waals surface area (Å²) in [6.07, 6.45) is 4.04. The smallest absolute Gasteiger partial charge is 0.272 e. The van der Waals surface area contributed by atoms with Crippen LogP contribution < -0.4 is 20.5 Å². The van der Waals surface area contributed by atoms with Gasteiger partial charge in [-0.2, -0.15) is 10.2 Å². The van der Waals surface area contributed by atoms with Crippen molar-refractivity contribution in [1.29, 1.82) is 0 Å². The maximum atomic E-state index is 12.5. The SMILES string of the molecule is Cn1nc(N2CCCCC2CNC(=O)c2cc3n(n2)CCCO3)ccc1=O. The number of aryl methyl sites for hydroxylation is 2. The quantitative estimate of drug-likeness (QED) is 0.842. The van der Waals surface area contributed by atoms with Gasteiger partial charge in [-0.1, -0.05) is 0 Å². The predicted octanol–water partition coefficient (Wildman–Crippen LogP) is 0.548. The average molecular weight is 372 g/mol. The molecule has 1 saturated heterocycles. The van der Waals surface area contributed by atoms with Crippen LogP contribution in [-0.2, 0) is 13.6 Å². The van der Waals surface area contributed by atoms with Crippen molar-refractivity contribution in [3.63, 3.8) is 0 Å². The Morgan fingerprint density at radius 1 is 1.26 bits per heavy atom. The molecule has 1 unspecified atom stereocenters. The number of nitrogens with zero attached hydrogens (tertiary/aromatic N) is 5. The molecule has 27 heavy (non-hydrogen) atoms. The van der Waals surface area contributed by atoms with Crippen molar-refractivity contribution >= 4 is 11.7 Å². The first-order valence-corrected chi connectivity index (χ1v) is 9.42. The second-order valence-corrected chi connectivity index (χ2v) is 7.00. The van der Waals surface area contributed by atoms with Gasteiger partial charge in [0.25, 0.3) is 11.5 Å². The lowest BCUT2D eigenvalue weighted by atomic mass is 10.0. The highest BCUT2D eigenvalue weighted by molar-refractivity contribution is 5.92. The summed E-state index contributed by atoms with van der Waals surface area (Å²) in [6, 6.07) is 5.12. The third-order valence-corrected chi connectivity index (χ3v) is 5.11. The zero-order valence-corrected chi connectivity index (χ0v) is 15.4. The van der Waals surface area contributed by atoms with Gasteiger partial charge in [0.1, 0.15) is 5.82 Å². The first kappa shape index (κ1) is 17.6. The van der Waals surface area contributed by atoms with Crippen LogP contribution >= 0.6 is 0 Å². The fraction of sp³-hybridized carbons (Fsp3) is 0.556. The van der Waals surface area contributed by atoms with E-state index in [1.165, 1.54) is 10.7 Å². The van der Waals surface area contributed by atoms with Gasteiger partial charge in [0.05, 0.1) is 6.61 Å². The molecule has 2 aliphatic heterocycles. The lowest BCUT2D eigenvalue weighted by Gasteiger charge is -2.36. The van der Waals surface area contributed by atoms with E-state index in [9.17, 15) is 9.59 Å². The molecule has 0 radical (unpaired) electrons. The predicted molar refractivity (Wildman–Crippen MR) is 99.1 cm³/mol. The summed E-state index contributed by atoms with van der Waals surface area (Å²) in [6.45, 7) is 2.80. The van der Waals surface area contributed by atoms with E-state index in [1.807, 2.05) is 0 Å². The van der Waals surface area contributed by atoms with E-state index in [-0.39, 0.29) is 17.5 Å². The molecule has 1 fully saturated rings. The number of aromatic nitrogens is 4. The van der Waals surface area contributed by atoms with Crippen molar-refractivity contribution in [1.82, 2.24) is 24.9 Å². The number of carbonyl (C=O) groups is 1. The largest absolute Gasteiger partial charge is 0.478 e. The number of anilines is 1. The average Bonchev–Trinajstić information content (AvgIpc) is 3.13. The molecule has 2 aliphatic rings. The number of nitrogens with one attached hydrogen (secondary N) is 1. The van der Waals surface area contributed by atoms with Crippen molar-refractivity contribution in [2.75, 3.05) is 24.6 Å². The maximum Gasteiger partial charge on any atom is 0.272 e. The molecule has 0 aromatic carbocycles. The highest BCUT2D eigenvalue weighted by Crippen LogP contribution is 2.22. The van der Waals surface area contributed by atoms with Crippen LogP contribution in [0.5, 0.6) is 5.88 Å². The van der Waals surface area contributed by atoms with Crippen LogP contribution in [0, 0.1) is 0 Å².